The van der Waals surface area contributed by atoms with Crippen LogP contribution in [0.4, 0.5) is 5.69 Å². The smallest absolute Gasteiger partial charge is 0.253 e. The Morgan fingerprint density at radius 2 is 2.12 bits per heavy atom. The van der Waals surface area contributed by atoms with E-state index < -0.39 is 0 Å². The first-order chi connectivity index (χ1) is 7.61. The van der Waals surface area contributed by atoms with Crippen LogP contribution in [-0.4, -0.2) is 18.7 Å². The molecule has 0 atom stereocenters. The third kappa shape index (κ3) is 1.78. The number of aryl methyl sites for hydroxylation is 1. The van der Waals surface area contributed by atoms with Crippen molar-refractivity contribution in [3.63, 3.8) is 0 Å². The molecule has 0 aromatic heterocycles. The lowest BCUT2D eigenvalue weighted by atomic mass is 10.2. The van der Waals surface area contributed by atoms with Gasteiger partial charge in [0.1, 0.15) is 11.4 Å². The van der Waals surface area contributed by atoms with Crippen molar-refractivity contribution in [3.8, 4) is 5.75 Å². The molecule has 1 aromatic rings. The Morgan fingerprint density at radius 3 is 2.69 bits per heavy atom. The molecule has 4 heteroatoms. The zero-order valence-corrected chi connectivity index (χ0v) is 9.65. The minimum absolute atomic E-state index is 0.0126. The number of methoxy groups -OCH3 is 1. The number of carbonyl (C=O) groups excluding carboxylic acids is 1. The van der Waals surface area contributed by atoms with Crippen molar-refractivity contribution in [1.29, 1.82) is 0 Å². The average Bonchev–Trinajstić information content (AvgIpc) is 2.57. The highest BCUT2D eigenvalue weighted by Crippen LogP contribution is 2.31. The lowest BCUT2D eigenvalue weighted by Crippen LogP contribution is -2.20. The number of ether oxygens (including phenoxy) is 1. The molecule has 1 aromatic carbocycles. The number of rotatable bonds is 2. The SMILES string of the molecule is COc1ccc(C)cc1N1N=C(C)CC1=O. The minimum Gasteiger partial charge on any atom is -0.494 e. The van der Waals surface area contributed by atoms with E-state index in [9.17, 15) is 4.79 Å². The van der Waals surface area contributed by atoms with Crippen molar-refractivity contribution in [3.05, 3.63) is 23.8 Å². The van der Waals surface area contributed by atoms with E-state index in [1.165, 1.54) is 5.01 Å². The molecule has 1 aliphatic heterocycles. The molecule has 2 rings (SSSR count). The van der Waals surface area contributed by atoms with Crippen LogP contribution < -0.4 is 9.75 Å². The van der Waals surface area contributed by atoms with Gasteiger partial charge in [-0.3, -0.25) is 4.79 Å². The highest BCUT2D eigenvalue weighted by Gasteiger charge is 2.25. The summed E-state index contributed by atoms with van der Waals surface area (Å²) in [4.78, 5) is 11.7. The molecule has 1 heterocycles. The van der Waals surface area contributed by atoms with Gasteiger partial charge >= 0.3 is 0 Å². The normalized spacial score (nSPS) is 15.3. The van der Waals surface area contributed by atoms with Crippen molar-refractivity contribution in [2.45, 2.75) is 20.3 Å². The standard InChI is InChI=1S/C12H14N2O2/c1-8-4-5-11(16-3)10(6-8)14-12(15)7-9(2)13-14/h4-6H,7H2,1-3H3. The van der Waals surface area contributed by atoms with E-state index in [0.29, 0.717) is 17.9 Å². The summed E-state index contributed by atoms with van der Waals surface area (Å²) in [7, 11) is 1.59. The van der Waals surface area contributed by atoms with Gasteiger partial charge in [-0.05, 0) is 31.5 Å². The van der Waals surface area contributed by atoms with E-state index in [1.54, 1.807) is 7.11 Å². The van der Waals surface area contributed by atoms with Crippen LogP contribution in [0.25, 0.3) is 0 Å². The van der Waals surface area contributed by atoms with E-state index in [2.05, 4.69) is 5.10 Å². The van der Waals surface area contributed by atoms with Crippen LogP contribution in [0.3, 0.4) is 0 Å². The summed E-state index contributed by atoms with van der Waals surface area (Å²) >= 11 is 0. The molecule has 0 N–H and O–H groups in total. The number of amides is 1. The van der Waals surface area contributed by atoms with Crippen LogP contribution in [0.1, 0.15) is 18.9 Å². The molecule has 84 valence electrons. The monoisotopic (exact) mass is 218 g/mol. The number of hydrogen-bond donors (Lipinski definition) is 0. The molecule has 0 aliphatic carbocycles. The summed E-state index contributed by atoms with van der Waals surface area (Å²) in [5.41, 5.74) is 2.61. The Bertz CT molecular complexity index is 466. The van der Waals surface area contributed by atoms with Gasteiger partial charge in [-0.15, -0.1) is 0 Å². The molecule has 0 spiro atoms. The van der Waals surface area contributed by atoms with Gasteiger partial charge in [-0.1, -0.05) is 6.07 Å². The number of carbonyl (C=O) groups is 1. The molecule has 16 heavy (non-hydrogen) atoms. The van der Waals surface area contributed by atoms with Gasteiger partial charge < -0.3 is 4.74 Å². The molecule has 4 nitrogen and oxygen atoms in total. The molecular weight excluding hydrogens is 204 g/mol. The van der Waals surface area contributed by atoms with Gasteiger partial charge in [0.25, 0.3) is 5.91 Å². The molecule has 1 aliphatic rings. The summed E-state index contributed by atoms with van der Waals surface area (Å²) in [6.45, 7) is 3.82. The van der Waals surface area contributed by atoms with Crippen molar-refractivity contribution in [1.82, 2.24) is 0 Å². The number of benzene rings is 1. The fourth-order valence-corrected chi connectivity index (χ4v) is 1.71. The van der Waals surface area contributed by atoms with Gasteiger partial charge in [-0.2, -0.15) is 10.1 Å². The van der Waals surface area contributed by atoms with Crippen molar-refractivity contribution >= 4 is 17.3 Å². The zero-order valence-electron chi connectivity index (χ0n) is 9.65. The predicted molar refractivity (Wildman–Crippen MR) is 62.9 cm³/mol. The Morgan fingerprint density at radius 1 is 1.38 bits per heavy atom. The van der Waals surface area contributed by atoms with Gasteiger partial charge in [0.2, 0.25) is 0 Å². The number of hydrazone groups is 1. The first-order valence-corrected chi connectivity index (χ1v) is 5.13. The van der Waals surface area contributed by atoms with E-state index in [0.717, 1.165) is 11.3 Å². The lowest BCUT2D eigenvalue weighted by molar-refractivity contribution is -0.116. The van der Waals surface area contributed by atoms with E-state index in [1.807, 2.05) is 32.0 Å². The highest BCUT2D eigenvalue weighted by atomic mass is 16.5. The Hall–Kier alpha value is -1.84. The summed E-state index contributed by atoms with van der Waals surface area (Å²) in [5, 5.41) is 5.63. The van der Waals surface area contributed by atoms with Gasteiger partial charge in [0.15, 0.2) is 0 Å². The van der Waals surface area contributed by atoms with Crippen LogP contribution in [0, 0.1) is 6.92 Å². The molecule has 0 unspecified atom stereocenters. The molecule has 0 fully saturated rings. The second-order valence-corrected chi connectivity index (χ2v) is 3.89. The Balaban J connectivity index is 2.46. The Labute approximate surface area is 94.5 Å². The van der Waals surface area contributed by atoms with Crippen LogP contribution >= 0.6 is 0 Å². The molecule has 0 radical (unpaired) electrons. The van der Waals surface area contributed by atoms with Crippen molar-refractivity contribution < 1.29 is 9.53 Å². The third-order valence-electron chi connectivity index (χ3n) is 2.48. The number of anilines is 1. The van der Waals surface area contributed by atoms with Gasteiger partial charge in [-0.25, -0.2) is 0 Å². The third-order valence-corrected chi connectivity index (χ3v) is 2.48. The maximum atomic E-state index is 11.7. The maximum absolute atomic E-state index is 11.7. The first-order valence-electron chi connectivity index (χ1n) is 5.13. The highest BCUT2D eigenvalue weighted by molar-refractivity contribution is 6.12. The molecular formula is C12H14N2O2. The topological polar surface area (TPSA) is 41.9 Å². The lowest BCUT2D eigenvalue weighted by Gasteiger charge is -2.16. The fourth-order valence-electron chi connectivity index (χ4n) is 1.71. The largest absolute Gasteiger partial charge is 0.494 e. The van der Waals surface area contributed by atoms with E-state index in [-0.39, 0.29) is 5.91 Å². The quantitative estimate of drug-likeness (QED) is 0.763. The molecule has 0 bridgehead atoms. The summed E-state index contributed by atoms with van der Waals surface area (Å²) in [6.07, 6.45) is 0.386. The average molecular weight is 218 g/mol. The maximum Gasteiger partial charge on any atom is 0.253 e. The van der Waals surface area contributed by atoms with E-state index in [4.69, 9.17) is 4.74 Å². The second-order valence-electron chi connectivity index (χ2n) is 3.89. The van der Waals surface area contributed by atoms with Crippen LogP contribution in [0.2, 0.25) is 0 Å². The minimum atomic E-state index is -0.0126. The Kier molecular flexibility index (Phi) is 2.64. The second kappa shape index (κ2) is 3.96. The van der Waals surface area contributed by atoms with Crippen LogP contribution in [0.15, 0.2) is 23.3 Å². The first kappa shape index (κ1) is 10.7. The predicted octanol–water partition coefficient (Wildman–Crippen LogP) is 2.12. The summed E-state index contributed by atoms with van der Waals surface area (Å²) in [6, 6.07) is 5.69. The van der Waals surface area contributed by atoms with Crippen LogP contribution in [-0.2, 0) is 4.79 Å². The van der Waals surface area contributed by atoms with Gasteiger partial charge in [0, 0.05) is 5.71 Å². The molecule has 1 amide bonds. The van der Waals surface area contributed by atoms with Crippen molar-refractivity contribution in [2.75, 3.05) is 12.1 Å². The summed E-state index contributed by atoms with van der Waals surface area (Å²) < 4.78 is 5.23. The van der Waals surface area contributed by atoms with Crippen LogP contribution in [0.5, 0.6) is 5.75 Å². The molecule has 0 saturated heterocycles. The van der Waals surface area contributed by atoms with Crippen molar-refractivity contribution in [2.24, 2.45) is 5.10 Å². The molecule has 0 saturated carbocycles. The van der Waals surface area contributed by atoms with Gasteiger partial charge in [0.05, 0.1) is 13.5 Å². The fraction of sp³-hybridized carbons (Fsp3) is 0.333. The number of hydrogen-bond acceptors (Lipinski definition) is 3. The zero-order chi connectivity index (χ0) is 11.7. The number of nitrogens with zero attached hydrogens (tertiary/aromatic N) is 2. The summed E-state index contributed by atoms with van der Waals surface area (Å²) in [5.74, 6) is 0.652. The van der Waals surface area contributed by atoms with E-state index >= 15 is 0 Å².